The monoisotopic (exact) mass is 372 g/mol. The van der Waals surface area contributed by atoms with Gasteiger partial charge in [-0.3, -0.25) is 9.59 Å². The van der Waals surface area contributed by atoms with Gasteiger partial charge in [-0.15, -0.1) is 0 Å². The Morgan fingerprint density at radius 2 is 2.00 bits per heavy atom. The molecular formula is C22H32N2O3. The smallest absolute Gasteiger partial charge is 0.224 e. The van der Waals surface area contributed by atoms with Crippen molar-refractivity contribution in [2.45, 2.75) is 70.9 Å². The third-order valence-electron chi connectivity index (χ3n) is 5.93. The molecule has 2 aliphatic rings. The molecule has 1 aliphatic heterocycles. The molecular weight excluding hydrogens is 340 g/mol. The highest BCUT2D eigenvalue weighted by Crippen LogP contribution is 2.37. The molecule has 1 heterocycles. The molecule has 27 heavy (non-hydrogen) atoms. The van der Waals surface area contributed by atoms with E-state index in [1.807, 2.05) is 31.2 Å². The standard InChI is InChI=1S/C22H32N2O3/c1-3-5-16-13-22(26)24-20-14-17(8-11-19(16)20)23-21(25)12-15-6-9-18(10-7-15)27-4-2/h6-7,9-10,16-17,19-20H,3-5,8,11-14H2,1-2H3,(H,23,25)(H,24,26). The Morgan fingerprint density at radius 1 is 1.22 bits per heavy atom. The Balaban J connectivity index is 1.51. The van der Waals surface area contributed by atoms with Crippen molar-refractivity contribution in [1.29, 1.82) is 0 Å². The van der Waals surface area contributed by atoms with Gasteiger partial charge in [0, 0.05) is 18.5 Å². The van der Waals surface area contributed by atoms with Crippen LogP contribution in [0.15, 0.2) is 24.3 Å². The zero-order valence-corrected chi connectivity index (χ0v) is 16.5. The molecule has 5 nitrogen and oxygen atoms in total. The van der Waals surface area contributed by atoms with Crippen LogP contribution in [0.25, 0.3) is 0 Å². The fraction of sp³-hybridized carbons (Fsp3) is 0.636. The molecule has 1 saturated carbocycles. The van der Waals surface area contributed by atoms with Gasteiger partial charge in [-0.2, -0.15) is 0 Å². The van der Waals surface area contributed by atoms with E-state index in [0.717, 1.165) is 43.4 Å². The number of piperidine rings is 1. The molecule has 1 aliphatic carbocycles. The van der Waals surface area contributed by atoms with Crippen LogP contribution >= 0.6 is 0 Å². The van der Waals surface area contributed by atoms with Crippen molar-refractivity contribution in [3.63, 3.8) is 0 Å². The number of fused-ring (bicyclic) bond motifs is 1. The van der Waals surface area contributed by atoms with E-state index in [4.69, 9.17) is 4.74 Å². The van der Waals surface area contributed by atoms with Gasteiger partial charge in [0.1, 0.15) is 5.75 Å². The van der Waals surface area contributed by atoms with Gasteiger partial charge in [0.15, 0.2) is 0 Å². The number of carbonyl (C=O) groups is 2. The summed E-state index contributed by atoms with van der Waals surface area (Å²) in [6.45, 7) is 4.78. The van der Waals surface area contributed by atoms with E-state index in [-0.39, 0.29) is 23.9 Å². The lowest BCUT2D eigenvalue weighted by molar-refractivity contribution is -0.127. The number of carbonyl (C=O) groups excluding carboxylic acids is 2. The van der Waals surface area contributed by atoms with Crippen LogP contribution in [0.4, 0.5) is 0 Å². The average Bonchev–Trinajstić information content (AvgIpc) is 2.63. The summed E-state index contributed by atoms with van der Waals surface area (Å²) in [5, 5.41) is 6.35. The van der Waals surface area contributed by atoms with Gasteiger partial charge in [0.05, 0.1) is 13.0 Å². The van der Waals surface area contributed by atoms with Crippen molar-refractivity contribution in [1.82, 2.24) is 10.6 Å². The summed E-state index contributed by atoms with van der Waals surface area (Å²) in [5.74, 6) is 2.14. The van der Waals surface area contributed by atoms with Crippen LogP contribution in [0.1, 0.15) is 57.9 Å². The van der Waals surface area contributed by atoms with Crippen LogP contribution in [0.2, 0.25) is 0 Å². The van der Waals surface area contributed by atoms with Crippen LogP contribution in [0.3, 0.4) is 0 Å². The van der Waals surface area contributed by atoms with Crippen molar-refractivity contribution in [2.24, 2.45) is 11.8 Å². The summed E-state index contributed by atoms with van der Waals surface area (Å²) in [6, 6.07) is 8.07. The fourth-order valence-electron chi connectivity index (χ4n) is 4.73. The van der Waals surface area contributed by atoms with Gasteiger partial charge < -0.3 is 15.4 Å². The maximum Gasteiger partial charge on any atom is 0.224 e. The van der Waals surface area contributed by atoms with Crippen molar-refractivity contribution in [3.05, 3.63) is 29.8 Å². The van der Waals surface area contributed by atoms with Crippen molar-refractivity contribution in [3.8, 4) is 5.75 Å². The van der Waals surface area contributed by atoms with E-state index in [0.29, 0.717) is 31.3 Å². The highest BCUT2D eigenvalue weighted by molar-refractivity contribution is 5.79. The Labute approximate surface area is 162 Å². The Kier molecular flexibility index (Phi) is 6.75. The predicted octanol–water partition coefficient (Wildman–Crippen LogP) is 3.22. The first kappa shape index (κ1) is 19.7. The molecule has 3 rings (SSSR count). The first-order chi connectivity index (χ1) is 13.1. The highest BCUT2D eigenvalue weighted by atomic mass is 16.5. The molecule has 0 bridgehead atoms. The minimum atomic E-state index is 0.0508. The number of benzene rings is 1. The number of hydrogen-bond acceptors (Lipinski definition) is 3. The maximum atomic E-state index is 12.5. The molecule has 1 aromatic carbocycles. The minimum absolute atomic E-state index is 0.0508. The summed E-state index contributed by atoms with van der Waals surface area (Å²) in [5.41, 5.74) is 0.985. The first-order valence-corrected chi connectivity index (χ1v) is 10.4. The van der Waals surface area contributed by atoms with Crippen molar-refractivity contribution in [2.75, 3.05) is 6.61 Å². The van der Waals surface area contributed by atoms with Crippen LogP contribution in [0, 0.1) is 11.8 Å². The zero-order valence-electron chi connectivity index (χ0n) is 16.5. The molecule has 0 spiro atoms. The van der Waals surface area contributed by atoms with Gasteiger partial charge in [-0.25, -0.2) is 0 Å². The zero-order chi connectivity index (χ0) is 19.2. The number of rotatable bonds is 7. The normalized spacial score (nSPS) is 27.4. The molecule has 1 aromatic rings. The number of hydrogen-bond donors (Lipinski definition) is 2. The van der Waals surface area contributed by atoms with Crippen LogP contribution in [0.5, 0.6) is 5.75 Å². The maximum absolute atomic E-state index is 12.5. The van der Waals surface area contributed by atoms with E-state index in [1.165, 1.54) is 0 Å². The van der Waals surface area contributed by atoms with Gasteiger partial charge in [0.25, 0.3) is 0 Å². The van der Waals surface area contributed by atoms with Crippen LogP contribution in [-0.4, -0.2) is 30.5 Å². The minimum Gasteiger partial charge on any atom is -0.494 e. The van der Waals surface area contributed by atoms with Gasteiger partial charge in [-0.1, -0.05) is 25.5 Å². The highest BCUT2D eigenvalue weighted by Gasteiger charge is 2.40. The summed E-state index contributed by atoms with van der Waals surface area (Å²) in [4.78, 5) is 24.5. The molecule has 4 atom stereocenters. The molecule has 5 heteroatoms. The van der Waals surface area contributed by atoms with Gasteiger partial charge in [-0.05, 0) is 62.1 Å². The Hall–Kier alpha value is -2.04. The van der Waals surface area contributed by atoms with E-state index in [9.17, 15) is 9.59 Å². The first-order valence-electron chi connectivity index (χ1n) is 10.4. The second-order valence-electron chi connectivity index (χ2n) is 7.92. The molecule has 4 unspecified atom stereocenters. The number of ether oxygens (including phenoxy) is 1. The van der Waals surface area contributed by atoms with E-state index < -0.39 is 0 Å². The lowest BCUT2D eigenvalue weighted by atomic mass is 9.70. The second-order valence-corrected chi connectivity index (χ2v) is 7.92. The summed E-state index contributed by atoms with van der Waals surface area (Å²) < 4.78 is 5.44. The van der Waals surface area contributed by atoms with Crippen LogP contribution in [-0.2, 0) is 16.0 Å². The quantitative estimate of drug-likeness (QED) is 0.772. The molecule has 148 valence electrons. The largest absolute Gasteiger partial charge is 0.494 e. The second kappa shape index (κ2) is 9.25. The predicted molar refractivity (Wildman–Crippen MR) is 106 cm³/mol. The molecule has 0 radical (unpaired) electrons. The summed E-state index contributed by atoms with van der Waals surface area (Å²) in [6.07, 6.45) is 6.25. The van der Waals surface area contributed by atoms with Crippen LogP contribution < -0.4 is 15.4 Å². The molecule has 1 saturated heterocycles. The molecule has 0 aromatic heterocycles. The fourth-order valence-corrected chi connectivity index (χ4v) is 4.73. The third kappa shape index (κ3) is 5.24. The third-order valence-corrected chi connectivity index (χ3v) is 5.93. The van der Waals surface area contributed by atoms with Crippen molar-refractivity contribution >= 4 is 11.8 Å². The molecule has 2 N–H and O–H groups in total. The van der Waals surface area contributed by atoms with E-state index >= 15 is 0 Å². The SMILES string of the molecule is CCCC1CC(=O)NC2CC(NC(=O)Cc3ccc(OCC)cc3)CCC12. The van der Waals surface area contributed by atoms with Crippen molar-refractivity contribution < 1.29 is 14.3 Å². The Bertz CT molecular complexity index is 643. The molecule has 2 fully saturated rings. The summed E-state index contributed by atoms with van der Waals surface area (Å²) in [7, 11) is 0. The van der Waals surface area contributed by atoms with E-state index in [1.54, 1.807) is 0 Å². The summed E-state index contributed by atoms with van der Waals surface area (Å²) >= 11 is 0. The number of nitrogens with one attached hydrogen (secondary N) is 2. The van der Waals surface area contributed by atoms with Gasteiger partial charge >= 0.3 is 0 Å². The number of amides is 2. The Morgan fingerprint density at radius 3 is 2.70 bits per heavy atom. The molecule has 2 amide bonds. The lowest BCUT2D eigenvalue weighted by Gasteiger charge is -2.44. The average molecular weight is 373 g/mol. The lowest BCUT2D eigenvalue weighted by Crippen LogP contribution is -2.55. The topological polar surface area (TPSA) is 67.4 Å². The van der Waals surface area contributed by atoms with E-state index in [2.05, 4.69) is 17.6 Å². The van der Waals surface area contributed by atoms with Gasteiger partial charge in [0.2, 0.25) is 11.8 Å².